The topological polar surface area (TPSA) is 65.5 Å². The van der Waals surface area contributed by atoms with Crippen molar-refractivity contribution in [1.82, 2.24) is 0 Å². The lowest BCUT2D eigenvalue weighted by atomic mass is 10.3. The number of nitrogens with two attached hydrogens (primary N) is 1. The highest BCUT2D eigenvalue weighted by Crippen LogP contribution is 2.14. The molecule has 0 fully saturated rings. The minimum absolute atomic E-state index is 0.167. The van der Waals surface area contributed by atoms with Gasteiger partial charge < -0.3 is 19.7 Å². The molecule has 0 saturated heterocycles. The number of hydrogen-bond acceptors (Lipinski definition) is 4. The van der Waals surface area contributed by atoms with Crippen LogP contribution in [-0.4, -0.2) is 12.4 Å². The summed E-state index contributed by atoms with van der Waals surface area (Å²) in [5.74, 6) is 2.88. The molecular formula is C16H21NO3. The number of carbonyl (C=O) groups is 1. The molecule has 0 unspecified atom stereocenters. The Morgan fingerprint density at radius 3 is 2.25 bits per heavy atom. The fourth-order valence-corrected chi connectivity index (χ4v) is 1.45. The summed E-state index contributed by atoms with van der Waals surface area (Å²) in [4.78, 5) is 9.44. The number of Topliss-reactive ketones (excluding diaryl/α,β-unsaturated/α-hetero) is 1. The van der Waals surface area contributed by atoms with Crippen molar-refractivity contribution < 1.29 is 13.9 Å². The highest BCUT2D eigenvalue weighted by atomic mass is 16.5. The zero-order valence-electron chi connectivity index (χ0n) is 12.2. The molecule has 0 saturated carbocycles. The van der Waals surface area contributed by atoms with Crippen LogP contribution in [0.4, 0.5) is 5.69 Å². The third-order valence-electron chi connectivity index (χ3n) is 2.29. The first-order valence-corrected chi connectivity index (χ1v) is 6.48. The Labute approximate surface area is 119 Å². The van der Waals surface area contributed by atoms with Gasteiger partial charge in [0.2, 0.25) is 0 Å². The standard InChI is InChI=1S/C13H15NO2.C3H6O/c1-10-2-5-13(16-10)8-9-15-12-6-3-11(14)4-7-12;1-3(2)4/h2-7H,8-9,14H2,1H3;1-2H3. The summed E-state index contributed by atoms with van der Waals surface area (Å²) in [5, 5.41) is 0. The smallest absolute Gasteiger partial charge is 0.126 e. The van der Waals surface area contributed by atoms with Crippen molar-refractivity contribution in [3.63, 3.8) is 0 Å². The van der Waals surface area contributed by atoms with Crippen LogP contribution in [0.5, 0.6) is 5.75 Å². The van der Waals surface area contributed by atoms with Gasteiger partial charge in [-0.25, -0.2) is 0 Å². The molecule has 2 N–H and O–H groups in total. The van der Waals surface area contributed by atoms with Crippen LogP contribution in [0.15, 0.2) is 40.8 Å². The predicted molar refractivity (Wildman–Crippen MR) is 79.9 cm³/mol. The van der Waals surface area contributed by atoms with E-state index in [-0.39, 0.29) is 5.78 Å². The van der Waals surface area contributed by atoms with E-state index in [1.54, 1.807) is 0 Å². The molecule has 108 valence electrons. The Bertz CT molecular complexity index is 525. The average Bonchev–Trinajstić information content (AvgIpc) is 2.77. The summed E-state index contributed by atoms with van der Waals surface area (Å²) in [7, 11) is 0. The lowest BCUT2D eigenvalue weighted by molar-refractivity contribution is -0.114. The molecule has 0 atom stereocenters. The number of hydrogen-bond donors (Lipinski definition) is 1. The van der Waals surface area contributed by atoms with E-state index in [9.17, 15) is 4.79 Å². The summed E-state index contributed by atoms with van der Waals surface area (Å²) in [6.07, 6.45) is 0.776. The van der Waals surface area contributed by atoms with Crippen LogP contribution >= 0.6 is 0 Å². The zero-order valence-corrected chi connectivity index (χ0v) is 12.2. The van der Waals surface area contributed by atoms with Gasteiger partial charge >= 0.3 is 0 Å². The van der Waals surface area contributed by atoms with Gasteiger partial charge in [0, 0.05) is 12.1 Å². The minimum atomic E-state index is 0.167. The maximum absolute atomic E-state index is 9.44. The summed E-state index contributed by atoms with van der Waals surface area (Å²) in [6, 6.07) is 11.3. The molecule has 1 aromatic carbocycles. The van der Waals surface area contributed by atoms with Crippen LogP contribution in [0, 0.1) is 6.92 Å². The Morgan fingerprint density at radius 1 is 1.15 bits per heavy atom. The van der Waals surface area contributed by atoms with Crippen molar-refractivity contribution >= 4 is 11.5 Å². The van der Waals surface area contributed by atoms with Crippen molar-refractivity contribution in [1.29, 1.82) is 0 Å². The molecule has 20 heavy (non-hydrogen) atoms. The second-order valence-electron chi connectivity index (χ2n) is 4.59. The number of carbonyl (C=O) groups excluding carboxylic acids is 1. The lowest BCUT2D eigenvalue weighted by Gasteiger charge is -2.04. The van der Waals surface area contributed by atoms with E-state index in [2.05, 4.69) is 0 Å². The van der Waals surface area contributed by atoms with Crippen molar-refractivity contribution in [2.45, 2.75) is 27.2 Å². The number of ketones is 1. The first-order chi connectivity index (χ1) is 9.47. The summed E-state index contributed by atoms with van der Waals surface area (Å²) < 4.78 is 11.0. The number of aryl methyl sites for hydroxylation is 1. The van der Waals surface area contributed by atoms with E-state index in [1.165, 1.54) is 13.8 Å². The molecule has 1 heterocycles. The third kappa shape index (κ3) is 6.64. The van der Waals surface area contributed by atoms with Crippen molar-refractivity contribution in [2.75, 3.05) is 12.3 Å². The van der Waals surface area contributed by atoms with Crippen molar-refractivity contribution in [3.8, 4) is 5.75 Å². The number of furan rings is 1. The van der Waals surface area contributed by atoms with Crippen LogP contribution in [0.1, 0.15) is 25.4 Å². The number of rotatable bonds is 4. The van der Waals surface area contributed by atoms with Crippen molar-refractivity contribution in [3.05, 3.63) is 47.9 Å². The minimum Gasteiger partial charge on any atom is -0.493 e. The molecule has 0 bridgehead atoms. The second kappa shape index (κ2) is 8.04. The number of benzene rings is 1. The maximum Gasteiger partial charge on any atom is 0.126 e. The first-order valence-electron chi connectivity index (χ1n) is 6.48. The third-order valence-corrected chi connectivity index (χ3v) is 2.29. The van der Waals surface area contributed by atoms with E-state index in [0.29, 0.717) is 6.61 Å². The maximum atomic E-state index is 9.44. The Morgan fingerprint density at radius 2 is 1.75 bits per heavy atom. The highest BCUT2D eigenvalue weighted by molar-refractivity contribution is 5.72. The molecule has 0 spiro atoms. The SMILES string of the molecule is CC(C)=O.Cc1ccc(CCOc2ccc(N)cc2)o1. The summed E-state index contributed by atoms with van der Waals surface area (Å²) in [6.45, 7) is 5.60. The highest BCUT2D eigenvalue weighted by Gasteiger charge is 1.99. The number of ether oxygens (including phenoxy) is 1. The summed E-state index contributed by atoms with van der Waals surface area (Å²) >= 11 is 0. The Hall–Kier alpha value is -2.23. The van der Waals surface area contributed by atoms with E-state index in [4.69, 9.17) is 14.9 Å². The van der Waals surface area contributed by atoms with Crippen LogP contribution < -0.4 is 10.5 Å². The normalized spacial score (nSPS) is 9.55. The fourth-order valence-electron chi connectivity index (χ4n) is 1.45. The largest absolute Gasteiger partial charge is 0.493 e. The van der Waals surface area contributed by atoms with Gasteiger partial charge in [-0.1, -0.05) is 0 Å². The van der Waals surface area contributed by atoms with Crippen molar-refractivity contribution in [2.24, 2.45) is 0 Å². The van der Waals surface area contributed by atoms with Gasteiger partial charge in [-0.2, -0.15) is 0 Å². The zero-order chi connectivity index (χ0) is 15.0. The van der Waals surface area contributed by atoms with Gasteiger partial charge in [-0.15, -0.1) is 0 Å². The molecule has 0 aliphatic heterocycles. The Balaban J connectivity index is 0.000000444. The van der Waals surface area contributed by atoms with Gasteiger partial charge in [0.15, 0.2) is 0 Å². The van der Waals surface area contributed by atoms with E-state index in [0.717, 1.165) is 29.4 Å². The van der Waals surface area contributed by atoms with E-state index >= 15 is 0 Å². The molecule has 0 aliphatic carbocycles. The van der Waals surface area contributed by atoms with Crippen LogP contribution in [0.2, 0.25) is 0 Å². The fraction of sp³-hybridized carbons (Fsp3) is 0.312. The van der Waals surface area contributed by atoms with Crippen LogP contribution in [0.3, 0.4) is 0 Å². The van der Waals surface area contributed by atoms with Gasteiger partial charge in [-0.3, -0.25) is 0 Å². The molecule has 2 aromatic rings. The molecule has 0 aliphatic rings. The predicted octanol–water partition coefficient (Wildman–Crippen LogP) is 3.39. The van der Waals surface area contributed by atoms with Gasteiger partial charge in [0.05, 0.1) is 6.61 Å². The van der Waals surface area contributed by atoms with E-state index < -0.39 is 0 Å². The van der Waals surface area contributed by atoms with Gasteiger partial charge in [0.25, 0.3) is 0 Å². The summed E-state index contributed by atoms with van der Waals surface area (Å²) in [5.41, 5.74) is 6.32. The number of anilines is 1. The lowest BCUT2D eigenvalue weighted by Crippen LogP contribution is -2.00. The van der Waals surface area contributed by atoms with Gasteiger partial charge in [0.1, 0.15) is 23.1 Å². The molecular weight excluding hydrogens is 254 g/mol. The first kappa shape index (κ1) is 15.8. The Kier molecular flexibility index (Phi) is 6.37. The van der Waals surface area contributed by atoms with Crippen LogP contribution in [0.25, 0.3) is 0 Å². The number of nitrogen functional groups attached to an aromatic ring is 1. The average molecular weight is 275 g/mol. The molecule has 0 radical (unpaired) electrons. The molecule has 4 heteroatoms. The van der Waals surface area contributed by atoms with Crippen LogP contribution in [-0.2, 0) is 11.2 Å². The molecule has 0 amide bonds. The monoisotopic (exact) mass is 275 g/mol. The molecule has 4 nitrogen and oxygen atoms in total. The molecule has 1 aromatic heterocycles. The second-order valence-corrected chi connectivity index (χ2v) is 4.59. The van der Waals surface area contributed by atoms with E-state index in [1.807, 2.05) is 43.3 Å². The molecule has 2 rings (SSSR count). The van der Waals surface area contributed by atoms with Gasteiger partial charge in [-0.05, 0) is 57.2 Å². The quantitative estimate of drug-likeness (QED) is 0.869.